The fraction of sp³-hybridized carbons (Fsp3) is 0.611. The second-order valence-electron chi connectivity index (χ2n) is 6.66. The molecule has 0 unspecified atom stereocenters. The molecule has 1 amide bonds. The van der Waals surface area contributed by atoms with Crippen LogP contribution in [0.2, 0.25) is 0 Å². The molecule has 2 aliphatic rings. The molecule has 1 spiro atoms. The molecule has 2 fully saturated rings. The van der Waals surface area contributed by atoms with E-state index in [0.29, 0.717) is 0 Å². The molecule has 4 heteroatoms. The summed E-state index contributed by atoms with van der Waals surface area (Å²) in [5.74, 6) is 1.20. The quantitative estimate of drug-likeness (QED) is 0.821. The van der Waals surface area contributed by atoms with Crippen molar-refractivity contribution in [1.29, 1.82) is 0 Å². The van der Waals surface area contributed by atoms with Gasteiger partial charge in [0, 0.05) is 13.0 Å². The van der Waals surface area contributed by atoms with Crippen molar-refractivity contribution in [1.82, 2.24) is 10.2 Å². The van der Waals surface area contributed by atoms with Crippen molar-refractivity contribution in [3.63, 3.8) is 0 Å². The lowest BCUT2D eigenvalue weighted by molar-refractivity contribution is -0.119. The third-order valence-corrected chi connectivity index (χ3v) is 4.99. The average Bonchev–Trinajstić information content (AvgIpc) is 2.91. The zero-order valence-electron chi connectivity index (χ0n) is 13.2. The van der Waals surface area contributed by atoms with E-state index in [-0.39, 0.29) is 11.3 Å². The maximum atomic E-state index is 11.4. The second-order valence-corrected chi connectivity index (χ2v) is 6.66. The number of nitrogens with one attached hydrogen (secondary N) is 1. The van der Waals surface area contributed by atoms with Gasteiger partial charge in [-0.05, 0) is 62.9 Å². The van der Waals surface area contributed by atoms with Gasteiger partial charge >= 0.3 is 0 Å². The number of unbranched alkanes of at least 4 members (excludes halogenated alkanes) is 1. The van der Waals surface area contributed by atoms with Crippen LogP contribution in [0.1, 0.15) is 32.1 Å². The van der Waals surface area contributed by atoms with Crippen LogP contribution in [0.15, 0.2) is 30.3 Å². The predicted octanol–water partition coefficient (Wildman–Crippen LogP) is 2.45. The first-order valence-electron chi connectivity index (χ1n) is 8.43. The summed E-state index contributed by atoms with van der Waals surface area (Å²) in [4.78, 5) is 14.0. The Morgan fingerprint density at radius 1 is 1.14 bits per heavy atom. The maximum Gasteiger partial charge on any atom is 0.220 e. The van der Waals surface area contributed by atoms with E-state index in [0.717, 1.165) is 64.2 Å². The van der Waals surface area contributed by atoms with Crippen LogP contribution in [-0.4, -0.2) is 43.6 Å². The van der Waals surface area contributed by atoms with Crippen LogP contribution in [0.5, 0.6) is 5.75 Å². The predicted molar refractivity (Wildman–Crippen MR) is 86.9 cm³/mol. The minimum Gasteiger partial charge on any atom is -0.494 e. The lowest BCUT2D eigenvalue weighted by Gasteiger charge is -2.38. The van der Waals surface area contributed by atoms with Crippen LogP contribution in [0.25, 0.3) is 0 Å². The number of hydrogen-bond acceptors (Lipinski definition) is 3. The Hall–Kier alpha value is -1.55. The van der Waals surface area contributed by atoms with Gasteiger partial charge in [0.2, 0.25) is 5.91 Å². The Balaban J connectivity index is 1.28. The Labute approximate surface area is 132 Å². The van der Waals surface area contributed by atoms with E-state index in [2.05, 4.69) is 10.2 Å². The molecule has 120 valence electrons. The van der Waals surface area contributed by atoms with Crippen LogP contribution < -0.4 is 10.1 Å². The highest BCUT2D eigenvalue weighted by molar-refractivity contribution is 5.79. The third-order valence-electron chi connectivity index (χ3n) is 4.99. The number of carbonyl (C=O) groups excluding carboxylic acids is 1. The van der Waals surface area contributed by atoms with Crippen LogP contribution >= 0.6 is 0 Å². The standard InChI is InChI=1S/C18H26N2O2/c21-17-14-18(15-19-17)8-11-20(12-9-18)10-4-5-13-22-16-6-2-1-3-7-16/h1-3,6-7H,4-5,8-15H2,(H,19,21). The monoisotopic (exact) mass is 302 g/mol. The molecule has 2 heterocycles. The first-order valence-corrected chi connectivity index (χ1v) is 8.43. The molecule has 4 nitrogen and oxygen atoms in total. The fourth-order valence-corrected chi connectivity index (χ4v) is 3.50. The highest BCUT2D eigenvalue weighted by Gasteiger charge is 2.40. The number of ether oxygens (including phenoxy) is 1. The van der Waals surface area contributed by atoms with Gasteiger partial charge in [0.05, 0.1) is 6.61 Å². The minimum absolute atomic E-state index is 0.242. The second kappa shape index (κ2) is 7.14. The van der Waals surface area contributed by atoms with Crippen LogP contribution in [0.3, 0.4) is 0 Å². The van der Waals surface area contributed by atoms with Gasteiger partial charge < -0.3 is 15.0 Å². The molecule has 1 aromatic carbocycles. The summed E-state index contributed by atoms with van der Waals surface area (Å²) >= 11 is 0. The van der Waals surface area contributed by atoms with Crippen LogP contribution in [-0.2, 0) is 4.79 Å². The van der Waals surface area contributed by atoms with Gasteiger partial charge in [0.15, 0.2) is 0 Å². The third kappa shape index (κ3) is 4.01. The molecule has 0 bridgehead atoms. The number of likely N-dealkylation sites (tertiary alicyclic amines) is 1. The Kier molecular flexibility index (Phi) is 4.98. The number of hydrogen-bond donors (Lipinski definition) is 1. The lowest BCUT2D eigenvalue weighted by Crippen LogP contribution is -2.41. The molecular weight excluding hydrogens is 276 g/mol. The van der Waals surface area contributed by atoms with E-state index in [4.69, 9.17) is 4.74 Å². The van der Waals surface area contributed by atoms with Gasteiger partial charge in [0.25, 0.3) is 0 Å². The minimum atomic E-state index is 0.242. The normalized spacial score (nSPS) is 21.0. The number of para-hydroxylation sites is 1. The summed E-state index contributed by atoms with van der Waals surface area (Å²) in [5.41, 5.74) is 0.268. The molecule has 0 radical (unpaired) electrons. The van der Waals surface area contributed by atoms with Gasteiger partial charge in [-0.15, -0.1) is 0 Å². The zero-order chi connectivity index (χ0) is 15.3. The van der Waals surface area contributed by atoms with Gasteiger partial charge in [-0.1, -0.05) is 18.2 Å². The molecule has 1 N–H and O–H groups in total. The molecule has 2 saturated heterocycles. The van der Waals surface area contributed by atoms with Crippen LogP contribution in [0.4, 0.5) is 0 Å². The lowest BCUT2D eigenvalue weighted by atomic mass is 9.77. The van der Waals surface area contributed by atoms with E-state index in [1.165, 1.54) is 6.42 Å². The van der Waals surface area contributed by atoms with Crippen molar-refractivity contribution in [2.45, 2.75) is 32.1 Å². The molecule has 3 rings (SSSR count). The largest absolute Gasteiger partial charge is 0.494 e. The Morgan fingerprint density at radius 3 is 2.59 bits per heavy atom. The van der Waals surface area contributed by atoms with Gasteiger partial charge in [0.1, 0.15) is 5.75 Å². The smallest absolute Gasteiger partial charge is 0.220 e. The number of carbonyl (C=O) groups is 1. The van der Waals surface area contributed by atoms with E-state index < -0.39 is 0 Å². The Morgan fingerprint density at radius 2 is 1.91 bits per heavy atom. The zero-order valence-corrected chi connectivity index (χ0v) is 13.2. The van der Waals surface area contributed by atoms with Crippen molar-refractivity contribution >= 4 is 5.91 Å². The molecule has 0 atom stereocenters. The molecule has 0 aliphatic carbocycles. The number of nitrogens with zero attached hydrogens (tertiary/aromatic N) is 1. The molecule has 2 aliphatic heterocycles. The molecule has 0 saturated carbocycles. The maximum absolute atomic E-state index is 11.4. The summed E-state index contributed by atoms with van der Waals surface area (Å²) in [6.45, 7) is 5.10. The van der Waals surface area contributed by atoms with Crippen LogP contribution in [0, 0.1) is 5.41 Å². The number of benzene rings is 1. The number of piperidine rings is 1. The summed E-state index contributed by atoms with van der Waals surface area (Å²) in [6, 6.07) is 10.0. The fourth-order valence-electron chi connectivity index (χ4n) is 3.50. The first-order chi connectivity index (χ1) is 10.8. The highest BCUT2D eigenvalue weighted by Crippen LogP contribution is 2.37. The summed E-state index contributed by atoms with van der Waals surface area (Å²) in [6.07, 6.45) is 5.33. The van der Waals surface area contributed by atoms with E-state index in [1.54, 1.807) is 0 Å². The molecule has 22 heavy (non-hydrogen) atoms. The SMILES string of the molecule is O=C1CC2(CCN(CCCCOc3ccccc3)CC2)CN1. The molecule has 0 aromatic heterocycles. The highest BCUT2D eigenvalue weighted by atomic mass is 16.5. The first kappa shape index (κ1) is 15.3. The summed E-state index contributed by atoms with van der Waals surface area (Å²) in [7, 11) is 0. The van der Waals surface area contributed by atoms with Gasteiger partial charge in [-0.2, -0.15) is 0 Å². The van der Waals surface area contributed by atoms with Crippen molar-refractivity contribution in [3.05, 3.63) is 30.3 Å². The number of amides is 1. The van der Waals surface area contributed by atoms with Crippen molar-refractivity contribution < 1.29 is 9.53 Å². The van der Waals surface area contributed by atoms with E-state index >= 15 is 0 Å². The summed E-state index contributed by atoms with van der Waals surface area (Å²) in [5, 5.41) is 3.00. The van der Waals surface area contributed by atoms with Crippen molar-refractivity contribution in [2.75, 3.05) is 32.8 Å². The summed E-state index contributed by atoms with van der Waals surface area (Å²) < 4.78 is 5.72. The van der Waals surface area contributed by atoms with E-state index in [9.17, 15) is 4.79 Å². The van der Waals surface area contributed by atoms with Gasteiger partial charge in [-0.25, -0.2) is 0 Å². The van der Waals surface area contributed by atoms with E-state index in [1.807, 2.05) is 30.3 Å². The van der Waals surface area contributed by atoms with Gasteiger partial charge in [-0.3, -0.25) is 4.79 Å². The average molecular weight is 302 g/mol. The molecular formula is C18H26N2O2. The van der Waals surface area contributed by atoms with Crippen molar-refractivity contribution in [2.24, 2.45) is 5.41 Å². The molecule has 1 aromatic rings. The topological polar surface area (TPSA) is 41.6 Å². The number of rotatable bonds is 6. The van der Waals surface area contributed by atoms with Crippen molar-refractivity contribution in [3.8, 4) is 5.75 Å². The Bertz CT molecular complexity index is 481.